The summed E-state index contributed by atoms with van der Waals surface area (Å²) in [4.78, 5) is 16.7. The lowest BCUT2D eigenvalue weighted by atomic mass is 10.0. The van der Waals surface area contributed by atoms with Crippen molar-refractivity contribution in [2.24, 2.45) is 0 Å². The highest BCUT2D eigenvalue weighted by Crippen LogP contribution is 2.40. The van der Waals surface area contributed by atoms with E-state index in [0.29, 0.717) is 29.1 Å². The molecule has 0 spiro atoms. The highest BCUT2D eigenvalue weighted by atomic mass is 16.5. The van der Waals surface area contributed by atoms with E-state index in [4.69, 9.17) is 4.74 Å². The van der Waals surface area contributed by atoms with Crippen LogP contribution in [-0.2, 0) is 6.42 Å². The van der Waals surface area contributed by atoms with Crippen molar-refractivity contribution in [3.05, 3.63) is 47.9 Å². The second kappa shape index (κ2) is 4.95. The third-order valence-electron chi connectivity index (χ3n) is 3.95. The maximum atomic E-state index is 12.5. The Hall–Kier alpha value is -3.09. The van der Waals surface area contributed by atoms with Gasteiger partial charge in [0.15, 0.2) is 5.65 Å². The van der Waals surface area contributed by atoms with Crippen LogP contribution in [0.3, 0.4) is 0 Å². The zero-order valence-corrected chi connectivity index (χ0v) is 13.3. The number of carbonyl (C=O) groups is 1. The number of hydrogen-bond acceptors (Lipinski definition) is 5. The lowest BCUT2D eigenvalue weighted by molar-refractivity contribution is 0.102. The summed E-state index contributed by atoms with van der Waals surface area (Å²) >= 11 is 0. The first kappa shape index (κ1) is 14.5. The Kier molecular flexibility index (Phi) is 2.99. The average molecular weight is 324 g/mol. The summed E-state index contributed by atoms with van der Waals surface area (Å²) in [7, 11) is 0. The van der Waals surface area contributed by atoms with E-state index in [1.54, 1.807) is 24.5 Å². The minimum Gasteiger partial charge on any atom is -0.506 e. The van der Waals surface area contributed by atoms with Crippen molar-refractivity contribution in [3.8, 4) is 11.5 Å². The molecule has 0 bridgehead atoms. The third-order valence-corrected chi connectivity index (χ3v) is 3.95. The molecular formula is C17H16N4O3. The molecule has 0 fully saturated rings. The van der Waals surface area contributed by atoms with Crippen molar-refractivity contribution < 1.29 is 14.6 Å². The Morgan fingerprint density at radius 3 is 3.08 bits per heavy atom. The van der Waals surface area contributed by atoms with E-state index in [1.165, 1.54) is 16.8 Å². The fourth-order valence-corrected chi connectivity index (χ4v) is 2.92. The summed E-state index contributed by atoms with van der Waals surface area (Å²) in [6.07, 6.45) is 5.48. The standard InChI is InChI=1S/C17H16N4O3/c1-17(2)8-10-6-12(13(22)7-14(10)24-17)20-16(23)11-9-19-21-5-3-4-18-15(11)21/h3-7,9,22H,8H2,1-2H3,(H,20,23). The predicted molar refractivity (Wildman–Crippen MR) is 87.5 cm³/mol. The van der Waals surface area contributed by atoms with Crippen LogP contribution >= 0.6 is 0 Å². The van der Waals surface area contributed by atoms with Gasteiger partial charge in [0.2, 0.25) is 0 Å². The van der Waals surface area contributed by atoms with E-state index in [1.807, 2.05) is 13.8 Å². The number of aromatic hydroxyl groups is 1. The largest absolute Gasteiger partial charge is 0.506 e. The van der Waals surface area contributed by atoms with Gasteiger partial charge in [-0.05, 0) is 26.0 Å². The number of amides is 1. The molecule has 7 nitrogen and oxygen atoms in total. The number of phenolic OH excluding ortho intramolecular Hbond substituents is 1. The van der Waals surface area contributed by atoms with E-state index >= 15 is 0 Å². The molecule has 7 heteroatoms. The Morgan fingerprint density at radius 1 is 1.42 bits per heavy atom. The molecule has 1 amide bonds. The van der Waals surface area contributed by atoms with E-state index < -0.39 is 0 Å². The fraction of sp³-hybridized carbons (Fsp3) is 0.235. The molecule has 2 aromatic heterocycles. The molecule has 3 aromatic rings. The number of ether oxygens (including phenoxy) is 1. The number of carbonyl (C=O) groups excluding carboxylic acids is 1. The number of nitrogens with zero attached hydrogens (tertiary/aromatic N) is 3. The smallest absolute Gasteiger partial charge is 0.261 e. The second-order valence-corrected chi connectivity index (χ2v) is 6.42. The average Bonchev–Trinajstić information content (AvgIpc) is 3.07. The van der Waals surface area contributed by atoms with Crippen LogP contribution in [0.15, 0.2) is 36.8 Å². The molecule has 4 rings (SSSR count). The van der Waals surface area contributed by atoms with Crippen LogP contribution in [-0.4, -0.2) is 31.2 Å². The summed E-state index contributed by atoms with van der Waals surface area (Å²) in [6.45, 7) is 3.96. The van der Waals surface area contributed by atoms with Crippen molar-refractivity contribution in [3.63, 3.8) is 0 Å². The summed E-state index contributed by atoms with van der Waals surface area (Å²) in [5, 5.41) is 17.0. The lowest BCUT2D eigenvalue weighted by Gasteiger charge is -2.16. The highest BCUT2D eigenvalue weighted by molar-refractivity contribution is 6.08. The second-order valence-electron chi connectivity index (χ2n) is 6.42. The fourth-order valence-electron chi connectivity index (χ4n) is 2.92. The van der Waals surface area contributed by atoms with Gasteiger partial charge in [-0.3, -0.25) is 4.79 Å². The van der Waals surface area contributed by atoms with Gasteiger partial charge >= 0.3 is 0 Å². The van der Waals surface area contributed by atoms with Crippen molar-refractivity contribution in [2.75, 3.05) is 5.32 Å². The van der Waals surface area contributed by atoms with Crippen molar-refractivity contribution in [1.29, 1.82) is 0 Å². The van der Waals surface area contributed by atoms with Gasteiger partial charge in [0.1, 0.15) is 22.7 Å². The van der Waals surface area contributed by atoms with Crippen LogP contribution in [0.4, 0.5) is 5.69 Å². The van der Waals surface area contributed by atoms with E-state index in [9.17, 15) is 9.90 Å². The van der Waals surface area contributed by atoms with Gasteiger partial charge in [-0.15, -0.1) is 0 Å². The van der Waals surface area contributed by atoms with E-state index in [2.05, 4.69) is 15.4 Å². The number of hydrogen-bond donors (Lipinski definition) is 2. The molecule has 0 saturated carbocycles. The number of benzene rings is 1. The third kappa shape index (κ3) is 2.34. The first-order valence-corrected chi connectivity index (χ1v) is 7.57. The Balaban J connectivity index is 1.65. The Bertz CT molecular complexity index is 962. The minimum atomic E-state index is -0.378. The molecule has 0 unspecified atom stereocenters. The first-order valence-electron chi connectivity index (χ1n) is 7.57. The number of nitrogens with one attached hydrogen (secondary N) is 1. The number of phenols is 1. The SMILES string of the molecule is CC1(C)Cc2cc(NC(=O)c3cnn4cccnc34)c(O)cc2O1. The van der Waals surface area contributed by atoms with Gasteiger partial charge in [0, 0.05) is 30.4 Å². The van der Waals surface area contributed by atoms with Crippen LogP contribution in [0, 0.1) is 0 Å². The molecule has 1 aromatic carbocycles. The molecular weight excluding hydrogens is 308 g/mol. The molecule has 24 heavy (non-hydrogen) atoms. The predicted octanol–water partition coefficient (Wildman–Crippen LogP) is 2.40. The topological polar surface area (TPSA) is 88.8 Å². The summed E-state index contributed by atoms with van der Waals surface area (Å²) in [5.41, 5.74) is 1.78. The minimum absolute atomic E-state index is 0.0377. The monoisotopic (exact) mass is 324 g/mol. The normalized spacial score (nSPS) is 15.1. The molecule has 2 N–H and O–H groups in total. The molecule has 1 aliphatic rings. The van der Waals surface area contributed by atoms with Gasteiger partial charge in [-0.25, -0.2) is 9.50 Å². The zero-order chi connectivity index (χ0) is 16.9. The van der Waals surface area contributed by atoms with Gasteiger partial charge in [0.25, 0.3) is 5.91 Å². The first-order chi connectivity index (χ1) is 11.4. The van der Waals surface area contributed by atoms with Crippen LogP contribution in [0.5, 0.6) is 11.5 Å². The van der Waals surface area contributed by atoms with Crippen LogP contribution in [0.25, 0.3) is 5.65 Å². The molecule has 0 saturated heterocycles. The van der Waals surface area contributed by atoms with E-state index in [0.717, 1.165) is 5.56 Å². The lowest BCUT2D eigenvalue weighted by Crippen LogP contribution is -2.24. The maximum Gasteiger partial charge on any atom is 0.261 e. The van der Waals surface area contributed by atoms with Crippen molar-refractivity contribution >= 4 is 17.2 Å². The van der Waals surface area contributed by atoms with Crippen molar-refractivity contribution in [2.45, 2.75) is 25.9 Å². The molecule has 3 heterocycles. The van der Waals surface area contributed by atoms with Gasteiger partial charge in [-0.1, -0.05) is 0 Å². The molecule has 0 radical (unpaired) electrons. The molecule has 0 aliphatic carbocycles. The van der Waals surface area contributed by atoms with Gasteiger partial charge < -0.3 is 15.2 Å². The quantitative estimate of drug-likeness (QED) is 0.707. The maximum absolute atomic E-state index is 12.5. The molecule has 0 atom stereocenters. The van der Waals surface area contributed by atoms with Crippen LogP contribution in [0.1, 0.15) is 29.8 Å². The Morgan fingerprint density at radius 2 is 2.25 bits per heavy atom. The molecule has 1 aliphatic heterocycles. The van der Waals surface area contributed by atoms with Crippen LogP contribution < -0.4 is 10.1 Å². The number of fused-ring (bicyclic) bond motifs is 2. The Labute approximate surface area is 137 Å². The summed E-state index contributed by atoms with van der Waals surface area (Å²) in [5.74, 6) is 0.231. The van der Waals surface area contributed by atoms with Crippen LogP contribution in [0.2, 0.25) is 0 Å². The zero-order valence-electron chi connectivity index (χ0n) is 13.3. The van der Waals surface area contributed by atoms with Gasteiger partial charge in [0.05, 0.1) is 11.9 Å². The number of anilines is 1. The summed E-state index contributed by atoms with van der Waals surface area (Å²) < 4.78 is 7.29. The highest BCUT2D eigenvalue weighted by Gasteiger charge is 2.31. The van der Waals surface area contributed by atoms with E-state index in [-0.39, 0.29) is 17.3 Å². The van der Waals surface area contributed by atoms with Gasteiger partial charge in [-0.2, -0.15) is 5.10 Å². The molecule has 122 valence electrons. The number of rotatable bonds is 2. The van der Waals surface area contributed by atoms with Crippen molar-refractivity contribution in [1.82, 2.24) is 14.6 Å². The number of aromatic nitrogens is 3. The summed E-state index contributed by atoms with van der Waals surface area (Å²) in [6, 6.07) is 5.01.